The number of carbonyl (C=O) groups is 1. The van der Waals surface area contributed by atoms with Crippen LogP contribution in [0.1, 0.15) is 12.8 Å². The third-order valence-electron chi connectivity index (χ3n) is 3.91. The predicted molar refractivity (Wildman–Crippen MR) is 107 cm³/mol. The smallest absolute Gasteiger partial charge is 0.226 e. The molecule has 0 radical (unpaired) electrons. The molecule has 0 atom stereocenters. The van der Waals surface area contributed by atoms with Crippen LogP contribution in [0.3, 0.4) is 0 Å². The molecule has 1 heterocycles. The van der Waals surface area contributed by atoms with E-state index in [9.17, 15) is 17.6 Å². The largest absolute Gasteiger partial charge is 0.494 e. The molecule has 0 aliphatic carbocycles. The molecule has 3 aromatic rings. The highest BCUT2D eigenvalue weighted by Gasteiger charge is 2.17. The maximum atomic E-state index is 12.9. The van der Waals surface area contributed by atoms with E-state index in [1.807, 2.05) is 0 Å². The summed E-state index contributed by atoms with van der Waals surface area (Å²) in [6.45, 7) is 0. The second-order valence-corrected chi connectivity index (χ2v) is 9.39. The number of fused-ring (bicyclic) bond motifs is 1. The lowest BCUT2D eigenvalue weighted by Gasteiger charge is -2.04. The number of benzene rings is 2. The van der Waals surface area contributed by atoms with Gasteiger partial charge < -0.3 is 10.1 Å². The summed E-state index contributed by atoms with van der Waals surface area (Å²) in [6.07, 6.45) is 0.127. The Morgan fingerprint density at radius 3 is 2.64 bits per heavy atom. The first-order chi connectivity index (χ1) is 13.3. The van der Waals surface area contributed by atoms with E-state index in [1.165, 1.54) is 30.6 Å². The lowest BCUT2D eigenvalue weighted by Crippen LogP contribution is -2.14. The van der Waals surface area contributed by atoms with Gasteiger partial charge in [-0.05, 0) is 42.8 Å². The summed E-state index contributed by atoms with van der Waals surface area (Å²) in [5.41, 5.74) is 0.550. The van der Waals surface area contributed by atoms with Crippen molar-refractivity contribution >= 4 is 54.0 Å². The van der Waals surface area contributed by atoms with Crippen LogP contribution in [0.15, 0.2) is 41.3 Å². The van der Waals surface area contributed by atoms with Crippen LogP contribution in [0.25, 0.3) is 10.2 Å². The molecule has 28 heavy (non-hydrogen) atoms. The number of hydrogen-bond donors (Lipinski definition) is 1. The molecule has 6 nitrogen and oxygen atoms in total. The summed E-state index contributed by atoms with van der Waals surface area (Å²) in [7, 11) is -2.06. The van der Waals surface area contributed by atoms with Gasteiger partial charge in [-0.15, -0.1) is 0 Å². The maximum Gasteiger partial charge on any atom is 0.226 e. The molecule has 0 aliphatic rings. The van der Waals surface area contributed by atoms with Gasteiger partial charge in [-0.3, -0.25) is 4.79 Å². The zero-order chi connectivity index (χ0) is 20.3. The second kappa shape index (κ2) is 8.42. The number of hydrogen-bond acceptors (Lipinski definition) is 6. The molecule has 0 fully saturated rings. The molecule has 10 heteroatoms. The molecular formula is C18H16ClFN2O4S2. The van der Waals surface area contributed by atoms with Crippen LogP contribution in [-0.4, -0.2) is 32.2 Å². The Kier molecular flexibility index (Phi) is 6.17. The first-order valence-corrected chi connectivity index (χ1v) is 11.1. The number of halogens is 2. The monoisotopic (exact) mass is 442 g/mol. The fraction of sp³-hybridized carbons (Fsp3) is 0.222. The van der Waals surface area contributed by atoms with Gasteiger partial charge >= 0.3 is 0 Å². The number of carbonyl (C=O) groups excluding carboxylic acids is 1. The zero-order valence-corrected chi connectivity index (χ0v) is 17.1. The molecule has 1 aromatic heterocycles. The number of thiazole rings is 1. The van der Waals surface area contributed by atoms with Crippen molar-refractivity contribution in [1.82, 2.24) is 4.98 Å². The molecule has 2 aromatic carbocycles. The number of aromatic nitrogens is 1. The maximum absolute atomic E-state index is 12.9. The molecule has 0 bridgehead atoms. The highest BCUT2D eigenvalue weighted by atomic mass is 35.5. The van der Waals surface area contributed by atoms with E-state index in [1.54, 1.807) is 12.1 Å². The first-order valence-electron chi connectivity index (χ1n) is 8.21. The van der Waals surface area contributed by atoms with Crippen LogP contribution in [0.4, 0.5) is 9.52 Å². The lowest BCUT2D eigenvalue weighted by atomic mass is 10.3. The summed E-state index contributed by atoms with van der Waals surface area (Å²) in [6, 6.07) is 7.98. The SMILES string of the molecule is COc1ccc(Cl)c2sc(NC(=O)CCCS(=O)(=O)c3ccc(F)cc3)nc12. The van der Waals surface area contributed by atoms with E-state index in [4.69, 9.17) is 16.3 Å². The third-order valence-corrected chi connectivity index (χ3v) is 7.16. The van der Waals surface area contributed by atoms with Crippen LogP contribution >= 0.6 is 22.9 Å². The van der Waals surface area contributed by atoms with Crippen molar-refractivity contribution in [3.05, 3.63) is 47.2 Å². The van der Waals surface area contributed by atoms with Crippen molar-refractivity contribution in [1.29, 1.82) is 0 Å². The minimum Gasteiger partial charge on any atom is -0.494 e. The minimum absolute atomic E-state index is 0.00121. The molecule has 1 amide bonds. The Morgan fingerprint density at radius 2 is 1.96 bits per heavy atom. The molecular weight excluding hydrogens is 427 g/mol. The quantitative estimate of drug-likeness (QED) is 0.551. The van der Waals surface area contributed by atoms with Gasteiger partial charge in [-0.2, -0.15) is 0 Å². The number of amides is 1. The van der Waals surface area contributed by atoms with Crippen molar-refractivity contribution in [2.24, 2.45) is 0 Å². The number of anilines is 1. The van der Waals surface area contributed by atoms with E-state index in [2.05, 4.69) is 10.3 Å². The van der Waals surface area contributed by atoms with E-state index in [-0.39, 0.29) is 29.4 Å². The molecule has 0 unspecified atom stereocenters. The number of sulfone groups is 1. The number of nitrogens with one attached hydrogen (secondary N) is 1. The van der Waals surface area contributed by atoms with E-state index < -0.39 is 15.7 Å². The molecule has 1 N–H and O–H groups in total. The van der Waals surface area contributed by atoms with Gasteiger partial charge in [0.1, 0.15) is 17.1 Å². The number of methoxy groups -OCH3 is 1. The topological polar surface area (TPSA) is 85.4 Å². The Labute approximate surface area is 170 Å². The second-order valence-electron chi connectivity index (χ2n) is 5.87. The highest BCUT2D eigenvalue weighted by Crippen LogP contribution is 2.37. The number of nitrogens with zero attached hydrogens (tertiary/aromatic N) is 1. The summed E-state index contributed by atoms with van der Waals surface area (Å²) < 4.78 is 43.3. The molecule has 0 aliphatic heterocycles. The molecule has 0 spiro atoms. The highest BCUT2D eigenvalue weighted by molar-refractivity contribution is 7.91. The number of ether oxygens (including phenoxy) is 1. The van der Waals surface area contributed by atoms with Gasteiger partial charge in [0, 0.05) is 6.42 Å². The number of rotatable bonds is 7. The van der Waals surface area contributed by atoms with Gasteiger partial charge in [0.05, 0.1) is 27.5 Å². The van der Waals surface area contributed by atoms with Crippen molar-refractivity contribution in [3.63, 3.8) is 0 Å². The van der Waals surface area contributed by atoms with Gasteiger partial charge in [0.15, 0.2) is 15.0 Å². The van der Waals surface area contributed by atoms with E-state index >= 15 is 0 Å². The lowest BCUT2D eigenvalue weighted by molar-refractivity contribution is -0.116. The van der Waals surface area contributed by atoms with Gasteiger partial charge in [0.25, 0.3) is 0 Å². The van der Waals surface area contributed by atoms with Crippen LogP contribution in [0, 0.1) is 5.82 Å². The Bertz CT molecular complexity index is 1110. The zero-order valence-electron chi connectivity index (χ0n) is 14.7. The van der Waals surface area contributed by atoms with E-state index in [0.29, 0.717) is 26.1 Å². The molecule has 0 saturated heterocycles. The summed E-state index contributed by atoms with van der Waals surface area (Å²) >= 11 is 7.36. The third kappa shape index (κ3) is 4.60. The standard InChI is InChI=1S/C18H16ClFN2O4S2/c1-26-14-9-8-13(19)17-16(14)22-18(27-17)21-15(23)3-2-10-28(24,25)12-6-4-11(20)5-7-12/h4-9H,2-3,10H2,1H3,(H,21,22,23). The van der Waals surface area contributed by atoms with Gasteiger partial charge in [-0.1, -0.05) is 22.9 Å². The Balaban J connectivity index is 1.61. The van der Waals surface area contributed by atoms with Crippen LogP contribution in [0.2, 0.25) is 5.02 Å². The average Bonchev–Trinajstić information content (AvgIpc) is 3.06. The Morgan fingerprint density at radius 1 is 1.25 bits per heavy atom. The molecule has 148 valence electrons. The van der Waals surface area contributed by atoms with Crippen molar-refractivity contribution in [2.75, 3.05) is 18.2 Å². The van der Waals surface area contributed by atoms with Crippen molar-refractivity contribution < 1.29 is 22.3 Å². The summed E-state index contributed by atoms with van der Waals surface area (Å²) in [4.78, 5) is 16.5. The van der Waals surface area contributed by atoms with Crippen molar-refractivity contribution in [3.8, 4) is 5.75 Å². The van der Waals surface area contributed by atoms with Crippen LogP contribution in [0.5, 0.6) is 5.75 Å². The summed E-state index contributed by atoms with van der Waals surface area (Å²) in [5.74, 6) is -0.540. The van der Waals surface area contributed by atoms with Crippen LogP contribution in [-0.2, 0) is 14.6 Å². The average molecular weight is 443 g/mol. The van der Waals surface area contributed by atoms with E-state index in [0.717, 1.165) is 12.1 Å². The van der Waals surface area contributed by atoms with Gasteiger partial charge in [-0.25, -0.2) is 17.8 Å². The van der Waals surface area contributed by atoms with Crippen LogP contribution < -0.4 is 10.1 Å². The Hall–Kier alpha value is -2.23. The normalized spacial score (nSPS) is 11.5. The van der Waals surface area contributed by atoms with Crippen molar-refractivity contribution in [2.45, 2.75) is 17.7 Å². The molecule has 3 rings (SSSR count). The minimum atomic E-state index is -3.57. The fourth-order valence-electron chi connectivity index (χ4n) is 2.53. The predicted octanol–water partition coefficient (Wildman–Crippen LogP) is 4.29. The fourth-order valence-corrected chi connectivity index (χ4v) is 5.02. The first kappa shape index (κ1) is 20.5. The summed E-state index contributed by atoms with van der Waals surface area (Å²) in [5, 5.41) is 3.51. The van der Waals surface area contributed by atoms with Gasteiger partial charge in [0.2, 0.25) is 5.91 Å². The molecule has 0 saturated carbocycles.